The van der Waals surface area contributed by atoms with Crippen molar-refractivity contribution in [2.45, 2.75) is 25.9 Å². The number of benzene rings is 2. The zero-order chi connectivity index (χ0) is 16.4. The second-order valence-corrected chi connectivity index (χ2v) is 5.58. The molecule has 0 radical (unpaired) electrons. The van der Waals surface area contributed by atoms with E-state index in [9.17, 15) is 14.0 Å². The Hall–Kier alpha value is -2.69. The third kappa shape index (κ3) is 3.08. The van der Waals surface area contributed by atoms with E-state index >= 15 is 0 Å². The molecule has 3 rings (SSSR count). The summed E-state index contributed by atoms with van der Waals surface area (Å²) in [6, 6.07) is 13.0. The van der Waals surface area contributed by atoms with Crippen LogP contribution in [-0.4, -0.2) is 17.9 Å². The lowest BCUT2D eigenvalue weighted by atomic mass is 10.1. The van der Waals surface area contributed by atoms with E-state index in [2.05, 4.69) is 5.32 Å². The van der Waals surface area contributed by atoms with Crippen molar-refractivity contribution in [3.05, 3.63) is 65.5 Å². The summed E-state index contributed by atoms with van der Waals surface area (Å²) in [4.78, 5) is 26.0. The fraction of sp³-hybridized carbons (Fsp3) is 0.222. The summed E-state index contributed by atoms with van der Waals surface area (Å²) in [5, 5.41) is 2.82. The molecule has 0 aromatic heterocycles. The van der Waals surface area contributed by atoms with Crippen LogP contribution in [0.1, 0.15) is 18.1 Å². The van der Waals surface area contributed by atoms with Crippen LogP contribution >= 0.6 is 0 Å². The summed E-state index contributed by atoms with van der Waals surface area (Å²) in [6.45, 7) is 1.76. The first kappa shape index (κ1) is 15.2. The van der Waals surface area contributed by atoms with Crippen molar-refractivity contribution in [1.29, 1.82) is 0 Å². The number of hydrogen-bond acceptors (Lipinski definition) is 2. The molecule has 23 heavy (non-hydrogen) atoms. The van der Waals surface area contributed by atoms with Crippen LogP contribution in [0.5, 0.6) is 0 Å². The quantitative estimate of drug-likeness (QED) is 0.946. The molecular weight excluding hydrogens is 295 g/mol. The molecule has 1 heterocycles. The number of fused-ring (bicyclic) bond motifs is 1. The van der Waals surface area contributed by atoms with Crippen molar-refractivity contribution >= 4 is 17.5 Å². The smallest absolute Gasteiger partial charge is 0.243 e. The number of carbonyl (C=O) groups excluding carboxylic acids is 2. The SMILES string of the molecule is CC(=O)N1c2ccccc2C[C@@H]1C(=O)NCc1ccc(F)cc1. The Bertz CT molecular complexity index is 743. The van der Waals surface area contributed by atoms with Gasteiger partial charge >= 0.3 is 0 Å². The standard InChI is InChI=1S/C18H17FN2O2/c1-12(22)21-16-5-3-2-4-14(16)10-17(21)18(23)20-11-13-6-8-15(19)9-7-13/h2-9,17H,10-11H2,1H3,(H,20,23)/t17-/m1/s1. The van der Waals surface area contributed by atoms with E-state index in [0.29, 0.717) is 13.0 Å². The largest absolute Gasteiger partial charge is 0.350 e. The minimum Gasteiger partial charge on any atom is -0.350 e. The fourth-order valence-corrected chi connectivity index (χ4v) is 2.89. The van der Waals surface area contributed by atoms with Gasteiger partial charge in [-0.25, -0.2) is 4.39 Å². The molecule has 2 aromatic carbocycles. The van der Waals surface area contributed by atoms with E-state index in [4.69, 9.17) is 0 Å². The van der Waals surface area contributed by atoms with Crippen LogP contribution in [0.25, 0.3) is 0 Å². The number of nitrogens with zero attached hydrogens (tertiary/aromatic N) is 1. The van der Waals surface area contributed by atoms with Gasteiger partial charge in [-0.05, 0) is 29.3 Å². The summed E-state index contributed by atoms with van der Waals surface area (Å²) in [5.74, 6) is -0.674. The van der Waals surface area contributed by atoms with Crippen molar-refractivity contribution in [3.63, 3.8) is 0 Å². The van der Waals surface area contributed by atoms with Gasteiger partial charge in [-0.15, -0.1) is 0 Å². The molecule has 0 saturated heterocycles. The zero-order valence-electron chi connectivity index (χ0n) is 12.8. The lowest BCUT2D eigenvalue weighted by Gasteiger charge is -2.23. The molecule has 0 unspecified atom stereocenters. The third-order valence-electron chi connectivity index (χ3n) is 4.00. The van der Waals surface area contributed by atoms with Gasteiger partial charge < -0.3 is 5.32 Å². The van der Waals surface area contributed by atoms with Gasteiger partial charge in [-0.1, -0.05) is 30.3 Å². The second-order valence-electron chi connectivity index (χ2n) is 5.58. The molecule has 1 atom stereocenters. The number of rotatable bonds is 3. The van der Waals surface area contributed by atoms with Gasteiger partial charge in [0.25, 0.3) is 0 Å². The van der Waals surface area contributed by atoms with Crippen molar-refractivity contribution in [3.8, 4) is 0 Å². The van der Waals surface area contributed by atoms with Gasteiger partial charge in [0, 0.05) is 25.6 Å². The number of amides is 2. The number of carbonyl (C=O) groups is 2. The molecular formula is C18H17FN2O2. The van der Waals surface area contributed by atoms with Crippen LogP contribution in [-0.2, 0) is 22.6 Å². The normalized spacial score (nSPS) is 16.1. The van der Waals surface area contributed by atoms with Crippen LogP contribution in [0.15, 0.2) is 48.5 Å². The lowest BCUT2D eigenvalue weighted by Crippen LogP contribution is -2.47. The summed E-state index contributed by atoms with van der Waals surface area (Å²) >= 11 is 0. The van der Waals surface area contributed by atoms with Gasteiger partial charge in [0.15, 0.2) is 0 Å². The number of hydrogen-bond donors (Lipinski definition) is 1. The monoisotopic (exact) mass is 312 g/mol. The summed E-state index contributed by atoms with van der Waals surface area (Å²) in [5.41, 5.74) is 2.59. The average molecular weight is 312 g/mol. The second kappa shape index (κ2) is 6.20. The first-order chi connectivity index (χ1) is 11.1. The van der Waals surface area contributed by atoms with Gasteiger partial charge in [-0.2, -0.15) is 0 Å². The molecule has 0 spiro atoms. The van der Waals surface area contributed by atoms with Gasteiger partial charge in [0.2, 0.25) is 11.8 Å². The van der Waals surface area contributed by atoms with Crippen molar-refractivity contribution in [2.75, 3.05) is 4.90 Å². The fourth-order valence-electron chi connectivity index (χ4n) is 2.89. The zero-order valence-corrected chi connectivity index (χ0v) is 12.8. The Morgan fingerprint density at radius 1 is 1.17 bits per heavy atom. The molecule has 1 N–H and O–H groups in total. The molecule has 2 aromatic rings. The number of para-hydroxylation sites is 1. The highest BCUT2D eigenvalue weighted by Crippen LogP contribution is 2.32. The van der Waals surface area contributed by atoms with Gasteiger partial charge in [0.05, 0.1) is 0 Å². The Morgan fingerprint density at radius 3 is 2.57 bits per heavy atom. The van der Waals surface area contributed by atoms with E-state index in [1.165, 1.54) is 24.0 Å². The third-order valence-corrected chi connectivity index (χ3v) is 4.00. The van der Waals surface area contributed by atoms with E-state index in [0.717, 1.165) is 16.8 Å². The summed E-state index contributed by atoms with van der Waals surface area (Å²) in [6.07, 6.45) is 0.505. The van der Waals surface area contributed by atoms with Crippen LogP contribution in [0.3, 0.4) is 0 Å². The minimum atomic E-state index is -0.537. The molecule has 4 nitrogen and oxygen atoms in total. The first-order valence-corrected chi connectivity index (χ1v) is 7.46. The molecule has 1 aliphatic heterocycles. The Labute approximate surface area is 133 Å². The van der Waals surface area contributed by atoms with E-state index in [-0.39, 0.29) is 17.6 Å². The highest BCUT2D eigenvalue weighted by molar-refractivity contribution is 6.02. The maximum atomic E-state index is 12.9. The highest BCUT2D eigenvalue weighted by atomic mass is 19.1. The van der Waals surface area contributed by atoms with Crippen molar-refractivity contribution < 1.29 is 14.0 Å². The Kier molecular flexibility index (Phi) is 4.10. The number of anilines is 1. The average Bonchev–Trinajstić information content (AvgIpc) is 2.93. The van der Waals surface area contributed by atoms with Crippen molar-refractivity contribution in [2.24, 2.45) is 0 Å². The van der Waals surface area contributed by atoms with E-state index < -0.39 is 6.04 Å². The van der Waals surface area contributed by atoms with Crippen LogP contribution in [0, 0.1) is 5.82 Å². The molecule has 1 aliphatic rings. The highest BCUT2D eigenvalue weighted by Gasteiger charge is 2.36. The van der Waals surface area contributed by atoms with Crippen LogP contribution < -0.4 is 10.2 Å². The number of nitrogens with one attached hydrogen (secondary N) is 1. The molecule has 0 bridgehead atoms. The topological polar surface area (TPSA) is 49.4 Å². The molecule has 118 valence electrons. The summed E-state index contributed by atoms with van der Waals surface area (Å²) in [7, 11) is 0. The lowest BCUT2D eigenvalue weighted by molar-refractivity contribution is -0.125. The maximum Gasteiger partial charge on any atom is 0.243 e. The predicted molar refractivity (Wildman–Crippen MR) is 85.3 cm³/mol. The Morgan fingerprint density at radius 2 is 1.87 bits per heavy atom. The maximum absolute atomic E-state index is 12.9. The van der Waals surface area contributed by atoms with Crippen LogP contribution in [0.2, 0.25) is 0 Å². The van der Waals surface area contributed by atoms with E-state index in [1.807, 2.05) is 24.3 Å². The van der Waals surface area contributed by atoms with Crippen LogP contribution in [0.4, 0.5) is 10.1 Å². The predicted octanol–water partition coefficient (Wildman–Crippen LogP) is 2.42. The van der Waals surface area contributed by atoms with Crippen molar-refractivity contribution in [1.82, 2.24) is 5.32 Å². The number of halogens is 1. The molecule has 0 aliphatic carbocycles. The molecule has 0 fully saturated rings. The minimum absolute atomic E-state index is 0.156. The molecule has 5 heteroatoms. The van der Waals surface area contributed by atoms with Gasteiger partial charge in [-0.3, -0.25) is 14.5 Å². The summed E-state index contributed by atoms with van der Waals surface area (Å²) < 4.78 is 12.9. The van der Waals surface area contributed by atoms with Gasteiger partial charge in [0.1, 0.15) is 11.9 Å². The molecule has 0 saturated carbocycles. The first-order valence-electron chi connectivity index (χ1n) is 7.46. The van der Waals surface area contributed by atoms with E-state index in [1.54, 1.807) is 12.1 Å². The Balaban J connectivity index is 1.72. The molecule has 2 amide bonds.